The smallest absolute Gasteiger partial charge is 0.260 e. The van der Waals surface area contributed by atoms with E-state index < -0.39 is 0 Å². The second-order valence-corrected chi connectivity index (χ2v) is 12.8. The number of nitrogen functional groups attached to an aromatic ring is 1. The minimum Gasteiger partial charge on any atom is -0.493 e. The largest absolute Gasteiger partial charge is 0.493 e. The van der Waals surface area contributed by atoms with Gasteiger partial charge in [0.1, 0.15) is 11.5 Å². The number of rotatable bonds is 16. The molecule has 0 aliphatic carbocycles. The molecule has 0 atom stereocenters. The molecule has 0 unspecified atom stereocenters. The second kappa shape index (κ2) is 23.0. The molecule has 1 heterocycles. The summed E-state index contributed by atoms with van der Waals surface area (Å²) in [7, 11) is 5.88. The molecule has 52 heavy (non-hydrogen) atoms. The number of hydrogen-bond acceptors (Lipinski definition) is 8. The van der Waals surface area contributed by atoms with E-state index in [0.717, 1.165) is 50.8 Å². The zero-order valence-corrected chi connectivity index (χ0v) is 33.0. The molecule has 3 amide bonds. The van der Waals surface area contributed by atoms with Gasteiger partial charge in [-0.25, -0.2) is 0 Å². The van der Waals surface area contributed by atoms with Crippen molar-refractivity contribution in [1.29, 1.82) is 0 Å². The van der Waals surface area contributed by atoms with E-state index in [4.69, 9.17) is 20.9 Å². The second-order valence-electron chi connectivity index (χ2n) is 12.8. The number of carbonyl (C=O) groups is 3. The van der Waals surface area contributed by atoms with E-state index >= 15 is 0 Å². The molecule has 0 bridgehead atoms. The number of unbranched alkanes of at least 4 members (excludes halogenated alkanes) is 2. The fraction of sp³-hybridized carbons (Fsp3) is 0.447. The number of nitrogens with two attached hydrogens (primary N) is 2. The van der Waals surface area contributed by atoms with Crippen molar-refractivity contribution >= 4 is 72.0 Å². The average Bonchev–Trinajstić information content (AvgIpc) is 3.09. The predicted octanol–water partition coefficient (Wildman–Crippen LogP) is 6.59. The molecule has 0 saturated carbocycles. The van der Waals surface area contributed by atoms with Gasteiger partial charge in [0.2, 0.25) is 5.91 Å². The van der Waals surface area contributed by atoms with E-state index in [0.29, 0.717) is 72.6 Å². The maximum atomic E-state index is 13.6. The molecule has 1 saturated heterocycles. The van der Waals surface area contributed by atoms with Crippen LogP contribution in [0.5, 0.6) is 11.5 Å². The monoisotopic (exact) mass is 780 g/mol. The van der Waals surface area contributed by atoms with Gasteiger partial charge in [-0.1, -0.05) is 18.2 Å². The Morgan fingerprint density at radius 1 is 0.827 bits per heavy atom. The highest BCUT2D eigenvalue weighted by Crippen LogP contribution is 2.31. The number of aryl methyl sites for hydroxylation is 1. The number of halogens is 3. The first-order valence-electron chi connectivity index (χ1n) is 17.2. The fourth-order valence-electron chi connectivity index (χ4n) is 5.91. The highest BCUT2D eigenvalue weighted by Gasteiger charge is 2.24. The Morgan fingerprint density at radius 2 is 1.50 bits per heavy atom. The molecule has 11 nitrogen and oxygen atoms in total. The summed E-state index contributed by atoms with van der Waals surface area (Å²) in [5.41, 5.74) is 14.9. The van der Waals surface area contributed by atoms with E-state index in [1.54, 1.807) is 49.5 Å². The van der Waals surface area contributed by atoms with Gasteiger partial charge in [-0.05, 0) is 114 Å². The number of benzene rings is 3. The molecular formula is C38H55Cl3N6O5. The van der Waals surface area contributed by atoms with Crippen molar-refractivity contribution in [3.63, 3.8) is 0 Å². The van der Waals surface area contributed by atoms with Gasteiger partial charge in [0.25, 0.3) is 11.8 Å². The zero-order chi connectivity index (χ0) is 35.3. The van der Waals surface area contributed by atoms with E-state index in [2.05, 4.69) is 24.3 Å². The number of nitrogens with zero attached hydrogens (tertiary/aromatic N) is 3. The van der Waals surface area contributed by atoms with Crippen molar-refractivity contribution in [1.82, 2.24) is 9.80 Å². The third kappa shape index (κ3) is 13.0. The average molecular weight is 782 g/mol. The molecule has 0 radical (unpaired) electrons. The van der Waals surface area contributed by atoms with Crippen molar-refractivity contribution in [2.24, 2.45) is 5.73 Å². The molecule has 0 aromatic heterocycles. The van der Waals surface area contributed by atoms with Crippen LogP contribution in [0.1, 0.15) is 71.2 Å². The Bertz CT molecular complexity index is 1590. The first-order valence-corrected chi connectivity index (χ1v) is 17.2. The zero-order valence-electron chi connectivity index (χ0n) is 30.6. The number of likely N-dealkylation sites (tertiary alicyclic amines) is 1. The minimum atomic E-state index is -0.354. The third-order valence-corrected chi connectivity index (χ3v) is 8.90. The van der Waals surface area contributed by atoms with Gasteiger partial charge < -0.3 is 41.0 Å². The summed E-state index contributed by atoms with van der Waals surface area (Å²) in [6.07, 6.45) is 5.78. The van der Waals surface area contributed by atoms with Gasteiger partial charge in [-0.2, -0.15) is 0 Å². The standard InChI is InChI=1S/C38H52N6O5.3ClH/c1-27-14-17-33(35(25-27)49-23-9-5-6-13-36(45)44-21-18-29(19-22-44)42(2)3)43(4)38(47)30-16-15-28(26-32(30)40)41-37(46)31-11-7-8-12-34(31)48-24-10-20-39;;;/h7-8,11-12,14-17,25-26,29H,5-6,9-10,13,18-24,39-40H2,1-4H3,(H,41,46);3*1H. The van der Waals surface area contributed by atoms with Crippen LogP contribution in [0.3, 0.4) is 0 Å². The molecule has 14 heteroatoms. The van der Waals surface area contributed by atoms with Crippen molar-refractivity contribution in [2.45, 2.75) is 57.9 Å². The maximum Gasteiger partial charge on any atom is 0.260 e. The van der Waals surface area contributed by atoms with Crippen LogP contribution in [0, 0.1) is 6.92 Å². The number of anilines is 3. The summed E-state index contributed by atoms with van der Waals surface area (Å²) >= 11 is 0. The Kier molecular flexibility index (Phi) is 20.5. The third-order valence-electron chi connectivity index (χ3n) is 8.90. The van der Waals surface area contributed by atoms with Crippen molar-refractivity contribution < 1.29 is 23.9 Å². The lowest BCUT2D eigenvalue weighted by atomic mass is 10.0. The molecule has 5 N–H and O–H groups in total. The Labute approximate surface area is 327 Å². The molecule has 1 aliphatic heterocycles. The number of carbonyl (C=O) groups excluding carboxylic acids is 3. The molecule has 0 spiro atoms. The summed E-state index contributed by atoms with van der Waals surface area (Å²) in [6.45, 7) is 5.01. The molecule has 3 aromatic carbocycles. The maximum absolute atomic E-state index is 13.6. The fourth-order valence-corrected chi connectivity index (χ4v) is 5.91. The summed E-state index contributed by atoms with van der Waals surface area (Å²) in [6, 6.07) is 18.1. The topological polar surface area (TPSA) is 143 Å². The summed E-state index contributed by atoms with van der Waals surface area (Å²) in [4.78, 5) is 45.1. The number of piperidine rings is 1. The van der Waals surface area contributed by atoms with Crippen molar-refractivity contribution in [3.8, 4) is 11.5 Å². The Hall–Kier alpha value is -3.74. The van der Waals surface area contributed by atoms with Crippen LogP contribution in [0.2, 0.25) is 0 Å². The van der Waals surface area contributed by atoms with Crippen LogP contribution in [0.25, 0.3) is 0 Å². The number of nitrogens with one attached hydrogen (secondary N) is 1. The number of hydrogen-bond donors (Lipinski definition) is 3. The van der Waals surface area contributed by atoms with Crippen LogP contribution in [-0.4, -0.2) is 87.6 Å². The van der Waals surface area contributed by atoms with Gasteiger partial charge in [-0.15, -0.1) is 37.2 Å². The number of ether oxygens (including phenoxy) is 2. The summed E-state index contributed by atoms with van der Waals surface area (Å²) < 4.78 is 11.9. The van der Waals surface area contributed by atoms with Crippen LogP contribution < -0.4 is 31.2 Å². The Balaban J connectivity index is 0.00000451. The van der Waals surface area contributed by atoms with E-state index in [1.165, 1.54) is 4.90 Å². The van der Waals surface area contributed by atoms with Crippen LogP contribution in [0.15, 0.2) is 60.7 Å². The van der Waals surface area contributed by atoms with Crippen LogP contribution in [-0.2, 0) is 4.79 Å². The molecule has 288 valence electrons. The van der Waals surface area contributed by atoms with Crippen LogP contribution in [0.4, 0.5) is 17.1 Å². The van der Waals surface area contributed by atoms with Gasteiger partial charge >= 0.3 is 0 Å². The van der Waals surface area contributed by atoms with E-state index in [9.17, 15) is 14.4 Å². The van der Waals surface area contributed by atoms with Gasteiger partial charge in [0.15, 0.2) is 0 Å². The normalized spacial score (nSPS) is 12.5. The SMILES string of the molecule is Cc1ccc(N(C)C(=O)c2ccc(NC(=O)c3ccccc3OCCCN)cc2N)c(OCCCCCC(=O)N2CCC(N(C)C)CC2)c1.Cl.Cl.Cl. The first kappa shape index (κ1) is 46.3. The van der Waals surface area contributed by atoms with E-state index in [-0.39, 0.29) is 60.6 Å². The molecule has 4 rings (SSSR count). The lowest BCUT2D eigenvalue weighted by Crippen LogP contribution is -2.44. The van der Waals surface area contributed by atoms with Crippen molar-refractivity contribution in [2.75, 3.05) is 69.9 Å². The van der Waals surface area contributed by atoms with Gasteiger partial charge in [-0.3, -0.25) is 14.4 Å². The molecule has 3 aromatic rings. The number of para-hydroxylation sites is 1. The molecule has 1 fully saturated rings. The predicted molar refractivity (Wildman–Crippen MR) is 217 cm³/mol. The van der Waals surface area contributed by atoms with Gasteiger partial charge in [0.05, 0.1) is 30.0 Å². The number of amides is 3. The molecular weight excluding hydrogens is 727 g/mol. The minimum absolute atomic E-state index is 0. The highest BCUT2D eigenvalue weighted by atomic mass is 35.5. The van der Waals surface area contributed by atoms with Gasteiger partial charge in [0, 0.05) is 44.0 Å². The lowest BCUT2D eigenvalue weighted by Gasteiger charge is -2.35. The Morgan fingerprint density at radius 3 is 2.17 bits per heavy atom. The lowest BCUT2D eigenvalue weighted by molar-refractivity contribution is -0.132. The van der Waals surface area contributed by atoms with Crippen LogP contribution >= 0.6 is 37.2 Å². The van der Waals surface area contributed by atoms with E-state index in [1.807, 2.05) is 30.0 Å². The summed E-state index contributed by atoms with van der Waals surface area (Å²) in [5.74, 6) is 0.643. The molecule has 1 aliphatic rings. The summed E-state index contributed by atoms with van der Waals surface area (Å²) in [5, 5.41) is 2.85. The quantitative estimate of drug-likeness (QED) is 0.109. The van der Waals surface area contributed by atoms with Crippen molar-refractivity contribution in [3.05, 3.63) is 77.4 Å². The first-order chi connectivity index (χ1) is 23.6. The highest BCUT2D eigenvalue weighted by molar-refractivity contribution is 6.11.